The summed E-state index contributed by atoms with van der Waals surface area (Å²) in [5.74, 6) is 6.55. The van der Waals surface area contributed by atoms with Gasteiger partial charge in [0.2, 0.25) is 11.1 Å². The molecule has 1 aliphatic heterocycles. The third-order valence-electron chi connectivity index (χ3n) is 3.91. The molecule has 2 aromatic rings. The Labute approximate surface area is 133 Å². The average molecular weight is 317 g/mol. The van der Waals surface area contributed by atoms with Gasteiger partial charge in [-0.3, -0.25) is 4.79 Å². The van der Waals surface area contributed by atoms with E-state index >= 15 is 0 Å². The maximum Gasteiger partial charge on any atom is 0.240 e. The average Bonchev–Trinajstić information content (AvgIpc) is 2.99. The van der Waals surface area contributed by atoms with Crippen molar-refractivity contribution in [2.45, 2.75) is 43.6 Å². The van der Waals surface area contributed by atoms with Crippen molar-refractivity contribution in [1.82, 2.24) is 14.9 Å². The molecule has 116 valence electrons. The number of para-hydroxylation sites is 1. The lowest BCUT2D eigenvalue weighted by Gasteiger charge is -2.25. The van der Waals surface area contributed by atoms with E-state index in [4.69, 9.17) is 5.84 Å². The molecular weight excluding hydrogens is 298 g/mol. The first-order valence-corrected chi connectivity index (χ1v) is 8.11. The molecule has 1 aromatic heterocycles. The van der Waals surface area contributed by atoms with Gasteiger partial charge in [-0.05, 0) is 38.8 Å². The Bertz CT molecular complexity index is 714. The molecule has 0 aliphatic carbocycles. The summed E-state index contributed by atoms with van der Waals surface area (Å²) in [4.78, 5) is 14.7. The van der Waals surface area contributed by atoms with Crippen LogP contribution < -0.4 is 10.7 Å². The fourth-order valence-electron chi connectivity index (χ4n) is 2.74. The van der Waals surface area contributed by atoms with Gasteiger partial charge < -0.3 is 10.7 Å². The van der Waals surface area contributed by atoms with Gasteiger partial charge in [-0.2, -0.15) is 0 Å². The molecule has 22 heavy (non-hydrogen) atoms. The normalized spacial score (nSPS) is 18.3. The molecule has 0 saturated heterocycles. The molecular formula is C15H19N5OS. The number of aromatic nitrogens is 3. The SMILES string of the molecule is Cc1nnc(S[C@@H](C)C(=O)N2c3ccccc3C[C@@H]2C)n1N. The van der Waals surface area contributed by atoms with Crippen molar-refractivity contribution in [3.63, 3.8) is 0 Å². The summed E-state index contributed by atoms with van der Waals surface area (Å²) in [5.41, 5.74) is 2.23. The second kappa shape index (κ2) is 5.64. The Balaban J connectivity index is 1.80. The number of fused-ring (bicyclic) bond motifs is 1. The molecule has 2 heterocycles. The number of nitrogens with zero attached hydrogens (tertiary/aromatic N) is 4. The zero-order chi connectivity index (χ0) is 15.9. The highest BCUT2D eigenvalue weighted by molar-refractivity contribution is 8.00. The summed E-state index contributed by atoms with van der Waals surface area (Å²) in [6.45, 7) is 5.73. The van der Waals surface area contributed by atoms with Gasteiger partial charge in [0.25, 0.3) is 0 Å². The summed E-state index contributed by atoms with van der Waals surface area (Å²) >= 11 is 1.34. The smallest absolute Gasteiger partial charge is 0.240 e. The van der Waals surface area contributed by atoms with Gasteiger partial charge in [-0.1, -0.05) is 30.0 Å². The van der Waals surface area contributed by atoms with E-state index in [1.807, 2.05) is 30.0 Å². The molecule has 6 nitrogen and oxygen atoms in total. The molecule has 3 rings (SSSR count). The van der Waals surface area contributed by atoms with Gasteiger partial charge in [0, 0.05) is 11.7 Å². The van der Waals surface area contributed by atoms with E-state index < -0.39 is 0 Å². The van der Waals surface area contributed by atoms with Crippen LogP contribution in [0.1, 0.15) is 25.2 Å². The maximum absolute atomic E-state index is 12.8. The molecule has 7 heteroatoms. The lowest BCUT2D eigenvalue weighted by molar-refractivity contribution is -0.118. The summed E-state index contributed by atoms with van der Waals surface area (Å²) in [6.07, 6.45) is 0.894. The van der Waals surface area contributed by atoms with Crippen LogP contribution in [0, 0.1) is 6.92 Å². The number of hydrogen-bond donors (Lipinski definition) is 1. The van der Waals surface area contributed by atoms with Crippen LogP contribution in [0.15, 0.2) is 29.4 Å². The van der Waals surface area contributed by atoms with E-state index in [1.165, 1.54) is 22.0 Å². The summed E-state index contributed by atoms with van der Waals surface area (Å²) < 4.78 is 1.41. The maximum atomic E-state index is 12.8. The largest absolute Gasteiger partial charge is 0.336 e. The number of thioether (sulfide) groups is 1. The minimum absolute atomic E-state index is 0.0723. The van der Waals surface area contributed by atoms with Gasteiger partial charge in [-0.15, -0.1) is 10.2 Å². The molecule has 1 amide bonds. The molecule has 1 aliphatic rings. The summed E-state index contributed by atoms with van der Waals surface area (Å²) in [5, 5.41) is 8.20. The van der Waals surface area contributed by atoms with Crippen LogP contribution >= 0.6 is 11.8 Å². The third-order valence-corrected chi connectivity index (χ3v) is 4.95. The van der Waals surface area contributed by atoms with Crippen LogP contribution in [0.5, 0.6) is 0 Å². The Hall–Kier alpha value is -2.02. The molecule has 1 aromatic carbocycles. The molecule has 2 atom stereocenters. The van der Waals surface area contributed by atoms with E-state index in [-0.39, 0.29) is 17.2 Å². The Morgan fingerprint density at radius 2 is 2.14 bits per heavy atom. The van der Waals surface area contributed by atoms with Crippen molar-refractivity contribution < 1.29 is 4.79 Å². The number of benzene rings is 1. The summed E-state index contributed by atoms with van der Waals surface area (Å²) in [7, 11) is 0. The second-order valence-electron chi connectivity index (χ2n) is 5.55. The first-order chi connectivity index (χ1) is 10.5. The van der Waals surface area contributed by atoms with Crippen molar-refractivity contribution in [1.29, 1.82) is 0 Å². The number of nitrogen functional groups attached to an aromatic ring is 1. The predicted molar refractivity (Wildman–Crippen MR) is 87.3 cm³/mol. The monoisotopic (exact) mass is 317 g/mol. The number of anilines is 1. The van der Waals surface area contributed by atoms with Gasteiger partial charge in [0.05, 0.1) is 5.25 Å². The van der Waals surface area contributed by atoms with Crippen molar-refractivity contribution in [2.24, 2.45) is 0 Å². The summed E-state index contributed by atoms with van der Waals surface area (Å²) in [6, 6.07) is 8.23. The van der Waals surface area contributed by atoms with E-state index in [9.17, 15) is 4.79 Å². The number of rotatable bonds is 3. The topological polar surface area (TPSA) is 77.0 Å². The van der Waals surface area contributed by atoms with Crippen molar-refractivity contribution in [3.8, 4) is 0 Å². The van der Waals surface area contributed by atoms with Gasteiger partial charge in [-0.25, -0.2) is 4.68 Å². The van der Waals surface area contributed by atoms with Gasteiger partial charge >= 0.3 is 0 Å². The van der Waals surface area contributed by atoms with Crippen LogP contribution in [0.3, 0.4) is 0 Å². The Kier molecular flexibility index (Phi) is 3.82. The van der Waals surface area contributed by atoms with Gasteiger partial charge in [0.1, 0.15) is 5.82 Å². The molecule has 0 saturated carbocycles. The van der Waals surface area contributed by atoms with Crippen LogP contribution in [-0.2, 0) is 11.2 Å². The number of nitrogens with two attached hydrogens (primary N) is 1. The van der Waals surface area contributed by atoms with Crippen LogP contribution in [0.4, 0.5) is 5.69 Å². The highest BCUT2D eigenvalue weighted by Gasteiger charge is 2.33. The first-order valence-electron chi connectivity index (χ1n) is 7.23. The zero-order valence-corrected chi connectivity index (χ0v) is 13.7. The molecule has 0 unspecified atom stereocenters. The fraction of sp³-hybridized carbons (Fsp3) is 0.400. The lowest BCUT2D eigenvalue weighted by atomic mass is 10.1. The standard InChI is InChI=1S/C15H19N5OS/c1-9-8-12-6-4-5-7-13(12)19(9)14(21)10(2)22-15-18-17-11(3)20(15)16/h4-7,9-10H,8,16H2,1-3H3/t9-,10-/m0/s1. The Morgan fingerprint density at radius 1 is 1.41 bits per heavy atom. The number of carbonyl (C=O) groups excluding carboxylic acids is 1. The van der Waals surface area contributed by atoms with E-state index in [1.54, 1.807) is 6.92 Å². The van der Waals surface area contributed by atoms with Crippen LogP contribution in [0.25, 0.3) is 0 Å². The van der Waals surface area contributed by atoms with Crippen LogP contribution in [-0.4, -0.2) is 32.1 Å². The quantitative estimate of drug-likeness (QED) is 0.689. The highest BCUT2D eigenvalue weighted by atomic mass is 32.2. The van der Waals surface area contributed by atoms with E-state index in [0.29, 0.717) is 11.0 Å². The van der Waals surface area contributed by atoms with Gasteiger partial charge in [0.15, 0.2) is 0 Å². The molecule has 0 radical (unpaired) electrons. The number of hydrogen-bond acceptors (Lipinski definition) is 5. The predicted octanol–water partition coefficient (Wildman–Crippen LogP) is 1.76. The number of amides is 1. The molecule has 0 spiro atoms. The Morgan fingerprint density at radius 3 is 2.82 bits per heavy atom. The van der Waals surface area contributed by atoms with E-state index in [2.05, 4.69) is 23.2 Å². The number of aryl methyl sites for hydroxylation is 1. The minimum Gasteiger partial charge on any atom is -0.336 e. The van der Waals surface area contributed by atoms with Crippen LogP contribution in [0.2, 0.25) is 0 Å². The lowest BCUT2D eigenvalue weighted by Crippen LogP contribution is -2.40. The van der Waals surface area contributed by atoms with E-state index in [0.717, 1.165) is 12.1 Å². The molecule has 0 fully saturated rings. The fourth-order valence-corrected chi connectivity index (χ4v) is 3.60. The van der Waals surface area contributed by atoms with Crippen molar-refractivity contribution in [3.05, 3.63) is 35.7 Å². The zero-order valence-electron chi connectivity index (χ0n) is 12.9. The third kappa shape index (κ3) is 2.45. The highest BCUT2D eigenvalue weighted by Crippen LogP contribution is 2.34. The van der Waals surface area contributed by atoms with Crippen molar-refractivity contribution in [2.75, 3.05) is 10.7 Å². The number of carbonyl (C=O) groups is 1. The molecule has 2 N–H and O–H groups in total. The van der Waals surface area contributed by atoms with Crippen molar-refractivity contribution >= 4 is 23.4 Å². The minimum atomic E-state index is -0.278. The molecule has 0 bridgehead atoms. The first kappa shape index (κ1) is 14.9. The second-order valence-corrected chi connectivity index (χ2v) is 6.86.